The second-order valence-corrected chi connectivity index (χ2v) is 4.43. The van der Waals surface area contributed by atoms with Gasteiger partial charge in [0.25, 0.3) is 0 Å². The highest BCUT2D eigenvalue weighted by Gasteiger charge is 1.96. The van der Waals surface area contributed by atoms with Crippen LogP contribution in [0.2, 0.25) is 0 Å². The highest BCUT2D eigenvalue weighted by Crippen LogP contribution is 2.10. The highest BCUT2D eigenvalue weighted by atomic mass is 14.8. The number of aromatic nitrogens is 1. The van der Waals surface area contributed by atoms with Crippen molar-refractivity contribution in [3.8, 4) is 0 Å². The molecule has 0 spiro atoms. The van der Waals surface area contributed by atoms with E-state index in [0.29, 0.717) is 5.82 Å². The zero-order chi connectivity index (χ0) is 11.6. The molecule has 1 aromatic heterocycles. The Balaban J connectivity index is 2.03. The van der Waals surface area contributed by atoms with Gasteiger partial charge in [-0.1, -0.05) is 51.5 Å². The maximum Gasteiger partial charge on any atom is 0.123 e. The summed E-state index contributed by atoms with van der Waals surface area (Å²) in [5.74, 6) is 0.639. The van der Waals surface area contributed by atoms with Crippen molar-refractivity contribution in [3.63, 3.8) is 0 Å². The molecule has 0 bridgehead atoms. The fraction of sp³-hybridized carbons (Fsp3) is 0.643. The Bertz CT molecular complexity index is 284. The molecule has 2 heteroatoms. The van der Waals surface area contributed by atoms with Crippen LogP contribution in [0.3, 0.4) is 0 Å². The molecule has 0 fully saturated rings. The van der Waals surface area contributed by atoms with E-state index in [0.717, 1.165) is 12.1 Å². The maximum atomic E-state index is 5.63. The van der Waals surface area contributed by atoms with Crippen molar-refractivity contribution in [2.24, 2.45) is 0 Å². The molecule has 0 aliphatic rings. The number of hydrogen-bond acceptors (Lipinski definition) is 2. The lowest BCUT2D eigenvalue weighted by Crippen LogP contribution is -1.95. The van der Waals surface area contributed by atoms with Gasteiger partial charge < -0.3 is 5.73 Å². The van der Waals surface area contributed by atoms with Crippen LogP contribution in [0.5, 0.6) is 0 Å². The van der Waals surface area contributed by atoms with E-state index < -0.39 is 0 Å². The monoisotopic (exact) mass is 220 g/mol. The minimum Gasteiger partial charge on any atom is -0.384 e. The van der Waals surface area contributed by atoms with Crippen LogP contribution in [-0.2, 0) is 6.42 Å². The van der Waals surface area contributed by atoms with Crippen LogP contribution in [0.15, 0.2) is 18.2 Å². The molecule has 0 unspecified atom stereocenters. The molecule has 0 radical (unpaired) electrons. The predicted molar refractivity (Wildman–Crippen MR) is 70.3 cm³/mol. The third-order valence-electron chi connectivity index (χ3n) is 2.86. The van der Waals surface area contributed by atoms with Crippen molar-refractivity contribution in [2.75, 3.05) is 5.73 Å². The van der Waals surface area contributed by atoms with Gasteiger partial charge in [0, 0.05) is 5.69 Å². The van der Waals surface area contributed by atoms with Crippen LogP contribution >= 0.6 is 0 Å². The molecular weight excluding hydrogens is 196 g/mol. The number of hydrogen-bond donors (Lipinski definition) is 1. The molecule has 0 aliphatic heterocycles. The minimum absolute atomic E-state index is 0.639. The van der Waals surface area contributed by atoms with Gasteiger partial charge in [0.15, 0.2) is 0 Å². The second-order valence-electron chi connectivity index (χ2n) is 4.43. The Kier molecular flexibility index (Phi) is 6.62. The minimum atomic E-state index is 0.639. The summed E-state index contributed by atoms with van der Waals surface area (Å²) in [6, 6.07) is 5.89. The molecular formula is C14H24N2. The van der Waals surface area contributed by atoms with Gasteiger partial charge >= 0.3 is 0 Å². The highest BCUT2D eigenvalue weighted by molar-refractivity contribution is 5.28. The van der Waals surface area contributed by atoms with Crippen LogP contribution in [0.4, 0.5) is 5.82 Å². The maximum absolute atomic E-state index is 5.63. The van der Waals surface area contributed by atoms with Crippen LogP contribution in [-0.4, -0.2) is 4.98 Å². The average Bonchev–Trinajstić information content (AvgIpc) is 2.28. The predicted octanol–water partition coefficient (Wildman–Crippen LogP) is 3.96. The zero-order valence-corrected chi connectivity index (χ0v) is 10.4. The SMILES string of the molecule is CCCCCCCCCc1cccc(N)n1. The average molecular weight is 220 g/mol. The van der Waals surface area contributed by atoms with Crippen molar-refractivity contribution in [2.45, 2.75) is 58.3 Å². The molecule has 1 rings (SSSR count). The van der Waals surface area contributed by atoms with Gasteiger partial charge in [0.05, 0.1) is 0 Å². The van der Waals surface area contributed by atoms with E-state index in [4.69, 9.17) is 5.73 Å². The summed E-state index contributed by atoms with van der Waals surface area (Å²) in [5, 5.41) is 0. The van der Waals surface area contributed by atoms with Crippen molar-refractivity contribution in [3.05, 3.63) is 23.9 Å². The van der Waals surface area contributed by atoms with Crippen molar-refractivity contribution in [1.29, 1.82) is 0 Å². The van der Waals surface area contributed by atoms with Gasteiger partial charge in [-0.15, -0.1) is 0 Å². The second kappa shape index (κ2) is 8.14. The normalized spacial score (nSPS) is 10.6. The standard InChI is InChI=1S/C14H24N2/c1-2-3-4-5-6-7-8-10-13-11-9-12-14(15)16-13/h9,11-12H,2-8,10H2,1H3,(H2,15,16). The first kappa shape index (κ1) is 13.0. The van der Waals surface area contributed by atoms with Gasteiger partial charge in [-0.25, -0.2) is 4.98 Å². The van der Waals surface area contributed by atoms with Crippen LogP contribution in [0.25, 0.3) is 0 Å². The summed E-state index contributed by atoms with van der Waals surface area (Å²) in [6.45, 7) is 2.26. The number of rotatable bonds is 8. The number of nitrogen functional groups attached to an aromatic ring is 1. The van der Waals surface area contributed by atoms with E-state index in [1.165, 1.54) is 44.9 Å². The smallest absolute Gasteiger partial charge is 0.123 e. The van der Waals surface area contributed by atoms with Gasteiger partial charge in [-0.2, -0.15) is 0 Å². The van der Waals surface area contributed by atoms with Crippen molar-refractivity contribution in [1.82, 2.24) is 4.98 Å². The number of pyridine rings is 1. The van der Waals surface area contributed by atoms with E-state index >= 15 is 0 Å². The van der Waals surface area contributed by atoms with E-state index in [9.17, 15) is 0 Å². The summed E-state index contributed by atoms with van der Waals surface area (Å²) in [7, 11) is 0. The number of anilines is 1. The van der Waals surface area contributed by atoms with E-state index in [-0.39, 0.29) is 0 Å². The Morgan fingerprint density at radius 3 is 2.38 bits per heavy atom. The Morgan fingerprint density at radius 1 is 1.00 bits per heavy atom. The first-order valence-corrected chi connectivity index (χ1v) is 6.54. The molecule has 0 atom stereocenters. The summed E-state index contributed by atoms with van der Waals surface area (Å²) in [6.07, 6.45) is 10.5. The van der Waals surface area contributed by atoms with Crippen LogP contribution < -0.4 is 5.73 Å². The third-order valence-corrected chi connectivity index (χ3v) is 2.86. The fourth-order valence-corrected chi connectivity index (χ4v) is 1.90. The quantitative estimate of drug-likeness (QED) is 0.673. The molecule has 0 aromatic carbocycles. The van der Waals surface area contributed by atoms with Crippen molar-refractivity contribution >= 4 is 5.82 Å². The van der Waals surface area contributed by atoms with Crippen molar-refractivity contribution < 1.29 is 0 Å². The first-order chi connectivity index (χ1) is 7.83. The molecule has 2 N–H and O–H groups in total. The zero-order valence-electron chi connectivity index (χ0n) is 10.4. The fourth-order valence-electron chi connectivity index (χ4n) is 1.90. The van der Waals surface area contributed by atoms with E-state index in [2.05, 4.69) is 18.0 Å². The summed E-state index contributed by atoms with van der Waals surface area (Å²) >= 11 is 0. The van der Waals surface area contributed by atoms with Gasteiger partial charge in [0.2, 0.25) is 0 Å². The lowest BCUT2D eigenvalue weighted by molar-refractivity contribution is 0.587. The molecule has 90 valence electrons. The van der Waals surface area contributed by atoms with E-state index in [1.54, 1.807) is 0 Å². The third kappa shape index (κ3) is 5.74. The summed E-state index contributed by atoms with van der Waals surface area (Å²) < 4.78 is 0. The van der Waals surface area contributed by atoms with E-state index in [1.807, 2.05) is 12.1 Å². The number of aryl methyl sites for hydroxylation is 1. The Labute approximate surface area is 99.3 Å². The molecule has 1 heterocycles. The summed E-state index contributed by atoms with van der Waals surface area (Å²) in [5.41, 5.74) is 6.77. The topological polar surface area (TPSA) is 38.9 Å². The molecule has 0 saturated carbocycles. The first-order valence-electron chi connectivity index (χ1n) is 6.54. The lowest BCUT2D eigenvalue weighted by atomic mass is 10.1. The number of nitrogens with two attached hydrogens (primary N) is 1. The van der Waals surface area contributed by atoms with Gasteiger partial charge in [-0.05, 0) is 25.0 Å². The number of nitrogens with zero attached hydrogens (tertiary/aromatic N) is 1. The molecule has 0 amide bonds. The van der Waals surface area contributed by atoms with Crippen LogP contribution in [0, 0.1) is 0 Å². The van der Waals surface area contributed by atoms with Gasteiger partial charge in [0.1, 0.15) is 5.82 Å². The molecule has 1 aromatic rings. The summed E-state index contributed by atoms with van der Waals surface area (Å²) in [4.78, 5) is 4.30. The molecule has 16 heavy (non-hydrogen) atoms. The Hall–Kier alpha value is -1.05. The molecule has 0 aliphatic carbocycles. The lowest BCUT2D eigenvalue weighted by Gasteiger charge is -2.02. The molecule has 0 saturated heterocycles. The Morgan fingerprint density at radius 2 is 1.69 bits per heavy atom. The largest absolute Gasteiger partial charge is 0.384 e. The molecule has 2 nitrogen and oxygen atoms in total. The van der Waals surface area contributed by atoms with Crippen LogP contribution in [0.1, 0.15) is 57.6 Å². The number of unbranched alkanes of at least 4 members (excludes halogenated alkanes) is 6. The van der Waals surface area contributed by atoms with Gasteiger partial charge in [-0.3, -0.25) is 0 Å².